The Kier molecular flexibility index (Phi) is 3.83. The van der Waals surface area contributed by atoms with Crippen molar-refractivity contribution in [1.82, 2.24) is 15.8 Å². The lowest BCUT2D eigenvalue weighted by Crippen LogP contribution is -2.37. The number of rotatable bonds is 4. The molecule has 6 heteroatoms. The van der Waals surface area contributed by atoms with Crippen LogP contribution in [0.15, 0.2) is 28.8 Å². The Bertz CT molecular complexity index is 662. The lowest BCUT2D eigenvalue weighted by molar-refractivity contribution is 0.240. The van der Waals surface area contributed by atoms with Gasteiger partial charge in [0.25, 0.3) is 0 Å². The summed E-state index contributed by atoms with van der Waals surface area (Å²) in [4.78, 5) is 11.9. The van der Waals surface area contributed by atoms with Gasteiger partial charge in [0.2, 0.25) is 0 Å². The predicted octanol–water partition coefficient (Wildman–Crippen LogP) is 2.79. The molecule has 1 aliphatic carbocycles. The summed E-state index contributed by atoms with van der Waals surface area (Å²) in [6.07, 6.45) is 0.879. The van der Waals surface area contributed by atoms with Crippen LogP contribution in [0.4, 0.5) is 9.18 Å². The average Bonchev–Trinajstić information content (AvgIpc) is 3.17. The van der Waals surface area contributed by atoms with Gasteiger partial charge in [0.15, 0.2) is 0 Å². The highest BCUT2D eigenvalue weighted by molar-refractivity contribution is 5.75. The number of hydrogen-bond donors (Lipinski definition) is 2. The van der Waals surface area contributed by atoms with Gasteiger partial charge in [0, 0.05) is 24.1 Å². The summed E-state index contributed by atoms with van der Waals surface area (Å²) < 4.78 is 17.9. The number of urea groups is 1. The normalized spacial score (nSPS) is 19.8. The van der Waals surface area contributed by atoms with Crippen molar-refractivity contribution in [3.8, 4) is 0 Å². The largest absolute Gasteiger partial charge is 0.361 e. The number of nitrogens with one attached hydrogen (secondary N) is 2. The van der Waals surface area contributed by atoms with E-state index in [2.05, 4.69) is 15.8 Å². The molecule has 2 amide bonds. The van der Waals surface area contributed by atoms with E-state index in [1.807, 2.05) is 13.8 Å². The first kappa shape index (κ1) is 14.6. The fourth-order valence-corrected chi connectivity index (χ4v) is 2.58. The first-order valence-electron chi connectivity index (χ1n) is 7.26. The fourth-order valence-electron chi connectivity index (χ4n) is 2.58. The maximum Gasteiger partial charge on any atom is 0.315 e. The van der Waals surface area contributed by atoms with E-state index in [-0.39, 0.29) is 23.8 Å². The minimum Gasteiger partial charge on any atom is -0.361 e. The van der Waals surface area contributed by atoms with Gasteiger partial charge in [-0.05, 0) is 38.0 Å². The molecule has 2 N–H and O–H groups in total. The minimum atomic E-state index is -0.244. The van der Waals surface area contributed by atoms with Gasteiger partial charge in [0.05, 0.1) is 5.69 Å². The maximum atomic E-state index is 12.9. The van der Waals surface area contributed by atoms with Crippen LogP contribution in [0.1, 0.15) is 34.9 Å². The number of nitrogens with zero attached hydrogens (tertiary/aromatic N) is 1. The summed E-state index contributed by atoms with van der Waals surface area (Å²) in [6, 6.07) is 6.32. The monoisotopic (exact) mass is 303 g/mol. The Morgan fingerprint density at radius 1 is 1.36 bits per heavy atom. The molecule has 1 heterocycles. The lowest BCUT2D eigenvalue weighted by atomic mass is 10.1. The quantitative estimate of drug-likeness (QED) is 0.912. The van der Waals surface area contributed by atoms with Gasteiger partial charge in [-0.3, -0.25) is 0 Å². The summed E-state index contributed by atoms with van der Waals surface area (Å²) in [5.41, 5.74) is 2.74. The van der Waals surface area contributed by atoms with Crippen LogP contribution in [0.25, 0.3) is 0 Å². The first-order chi connectivity index (χ1) is 10.5. The zero-order valence-corrected chi connectivity index (χ0v) is 12.5. The van der Waals surface area contributed by atoms with Crippen LogP contribution in [-0.4, -0.2) is 17.2 Å². The number of carbonyl (C=O) groups is 1. The molecule has 2 aromatic rings. The molecule has 0 spiro atoms. The predicted molar refractivity (Wildman–Crippen MR) is 78.9 cm³/mol. The van der Waals surface area contributed by atoms with Crippen LogP contribution in [0.3, 0.4) is 0 Å². The number of benzene rings is 1. The maximum absolute atomic E-state index is 12.9. The number of amides is 2. The third-order valence-corrected chi connectivity index (χ3v) is 4.01. The van der Waals surface area contributed by atoms with Gasteiger partial charge < -0.3 is 15.2 Å². The Labute approximate surface area is 127 Å². The molecule has 1 aromatic heterocycles. The molecule has 22 heavy (non-hydrogen) atoms. The smallest absolute Gasteiger partial charge is 0.315 e. The second-order valence-corrected chi connectivity index (χ2v) is 5.63. The second-order valence-electron chi connectivity index (χ2n) is 5.63. The van der Waals surface area contributed by atoms with Crippen molar-refractivity contribution < 1.29 is 13.7 Å². The topological polar surface area (TPSA) is 67.2 Å². The van der Waals surface area contributed by atoms with E-state index in [1.54, 1.807) is 12.1 Å². The Hall–Kier alpha value is -2.37. The van der Waals surface area contributed by atoms with Crippen LogP contribution >= 0.6 is 0 Å². The fraction of sp³-hybridized carbons (Fsp3) is 0.375. The van der Waals surface area contributed by atoms with Gasteiger partial charge >= 0.3 is 6.03 Å². The van der Waals surface area contributed by atoms with Crippen LogP contribution in [-0.2, 0) is 6.54 Å². The SMILES string of the molecule is Cc1noc(C)c1CNC(=O)N[C@@H]1C[C@H]1c1ccc(F)cc1. The van der Waals surface area contributed by atoms with Crippen LogP contribution < -0.4 is 10.6 Å². The molecule has 0 aliphatic heterocycles. The highest BCUT2D eigenvalue weighted by Gasteiger charge is 2.39. The molecular weight excluding hydrogens is 285 g/mol. The van der Waals surface area contributed by atoms with Crippen molar-refractivity contribution in [3.05, 3.63) is 52.7 Å². The van der Waals surface area contributed by atoms with Crippen molar-refractivity contribution in [3.63, 3.8) is 0 Å². The van der Waals surface area contributed by atoms with E-state index in [4.69, 9.17) is 4.52 Å². The van der Waals surface area contributed by atoms with Gasteiger partial charge in [-0.2, -0.15) is 0 Å². The van der Waals surface area contributed by atoms with Crippen molar-refractivity contribution >= 4 is 6.03 Å². The molecule has 0 saturated heterocycles. The van der Waals surface area contributed by atoms with Crippen molar-refractivity contribution in [2.24, 2.45) is 0 Å². The van der Waals surface area contributed by atoms with Crippen molar-refractivity contribution in [2.45, 2.75) is 38.8 Å². The molecule has 0 bridgehead atoms. The standard InChI is InChI=1S/C16H18FN3O2/c1-9-14(10(2)22-20-9)8-18-16(21)19-15-7-13(15)11-3-5-12(17)6-4-11/h3-6,13,15H,7-8H2,1-2H3,(H2,18,19,21)/t13-,15+/m0/s1. The van der Waals surface area contributed by atoms with E-state index >= 15 is 0 Å². The Morgan fingerprint density at radius 3 is 2.73 bits per heavy atom. The molecule has 3 rings (SSSR count). The second kappa shape index (κ2) is 5.79. The minimum absolute atomic E-state index is 0.107. The van der Waals surface area contributed by atoms with E-state index in [9.17, 15) is 9.18 Å². The third kappa shape index (κ3) is 3.10. The van der Waals surface area contributed by atoms with E-state index < -0.39 is 0 Å². The summed E-state index contributed by atoms with van der Waals surface area (Å²) in [6.45, 7) is 4.05. The van der Waals surface area contributed by atoms with Gasteiger partial charge in [-0.25, -0.2) is 9.18 Å². The Balaban J connectivity index is 1.48. The molecule has 1 aliphatic rings. The number of aryl methyl sites for hydroxylation is 2. The summed E-state index contributed by atoms with van der Waals surface area (Å²) in [5.74, 6) is 0.741. The molecule has 1 fully saturated rings. The van der Waals surface area contributed by atoms with Gasteiger partial charge in [-0.15, -0.1) is 0 Å². The third-order valence-electron chi connectivity index (χ3n) is 4.01. The molecule has 0 radical (unpaired) electrons. The highest BCUT2D eigenvalue weighted by atomic mass is 19.1. The number of aromatic nitrogens is 1. The molecule has 1 aromatic carbocycles. The molecule has 5 nitrogen and oxygen atoms in total. The summed E-state index contributed by atoms with van der Waals surface area (Å²) >= 11 is 0. The zero-order chi connectivity index (χ0) is 15.7. The first-order valence-corrected chi connectivity index (χ1v) is 7.26. The number of halogens is 1. The Morgan fingerprint density at radius 2 is 2.09 bits per heavy atom. The lowest BCUT2D eigenvalue weighted by Gasteiger charge is -2.07. The zero-order valence-electron chi connectivity index (χ0n) is 12.5. The summed E-state index contributed by atoms with van der Waals surface area (Å²) in [5, 5.41) is 9.58. The van der Waals surface area contributed by atoms with Crippen LogP contribution in [0, 0.1) is 19.7 Å². The molecule has 2 atom stereocenters. The van der Waals surface area contributed by atoms with Crippen molar-refractivity contribution in [2.75, 3.05) is 0 Å². The van der Waals surface area contributed by atoms with Crippen LogP contribution in [0.5, 0.6) is 0 Å². The van der Waals surface area contributed by atoms with E-state index in [1.165, 1.54) is 12.1 Å². The van der Waals surface area contributed by atoms with Gasteiger partial charge in [0.1, 0.15) is 11.6 Å². The highest BCUT2D eigenvalue weighted by Crippen LogP contribution is 2.40. The molecular formula is C16H18FN3O2. The van der Waals surface area contributed by atoms with Crippen LogP contribution in [0.2, 0.25) is 0 Å². The molecule has 116 valence electrons. The average molecular weight is 303 g/mol. The molecule has 1 saturated carbocycles. The van der Waals surface area contributed by atoms with E-state index in [0.717, 1.165) is 23.2 Å². The number of carbonyl (C=O) groups excluding carboxylic acids is 1. The molecule has 0 unspecified atom stereocenters. The van der Waals surface area contributed by atoms with Crippen molar-refractivity contribution in [1.29, 1.82) is 0 Å². The number of hydrogen-bond acceptors (Lipinski definition) is 3. The summed E-state index contributed by atoms with van der Waals surface area (Å²) in [7, 11) is 0. The van der Waals surface area contributed by atoms with Gasteiger partial charge in [-0.1, -0.05) is 17.3 Å². The van der Waals surface area contributed by atoms with E-state index in [0.29, 0.717) is 12.3 Å².